The Morgan fingerprint density at radius 3 is 2.56 bits per heavy atom. The van der Waals surface area contributed by atoms with Crippen LogP contribution in [0.25, 0.3) is 17.1 Å². The third-order valence-electron chi connectivity index (χ3n) is 4.84. The molecule has 0 bridgehead atoms. The summed E-state index contributed by atoms with van der Waals surface area (Å²) in [6.45, 7) is 2.54. The number of benzene rings is 2. The smallest absolute Gasteiger partial charge is 0.211 e. The van der Waals surface area contributed by atoms with Gasteiger partial charge in [0, 0.05) is 12.1 Å². The highest BCUT2D eigenvalue weighted by Crippen LogP contribution is 2.35. The quantitative estimate of drug-likeness (QED) is 0.694. The number of aryl methyl sites for hydroxylation is 1. The van der Waals surface area contributed by atoms with Gasteiger partial charge in [0.1, 0.15) is 0 Å². The summed E-state index contributed by atoms with van der Waals surface area (Å²) in [5, 5.41) is 4.74. The van der Waals surface area contributed by atoms with Crippen molar-refractivity contribution in [1.29, 1.82) is 0 Å². The fourth-order valence-corrected chi connectivity index (χ4v) is 4.72. The van der Waals surface area contributed by atoms with Crippen LogP contribution >= 0.6 is 0 Å². The molecule has 7 heteroatoms. The van der Waals surface area contributed by atoms with E-state index in [1.807, 2.05) is 61.5 Å². The topological polar surface area (TPSA) is 68.1 Å². The van der Waals surface area contributed by atoms with Crippen molar-refractivity contribution in [2.45, 2.75) is 25.8 Å². The molecule has 0 N–H and O–H groups in total. The van der Waals surface area contributed by atoms with Gasteiger partial charge in [-0.2, -0.15) is 4.31 Å². The van der Waals surface area contributed by atoms with E-state index in [-0.39, 0.29) is 6.04 Å². The van der Waals surface area contributed by atoms with E-state index in [1.165, 1.54) is 10.6 Å². The molecule has 6 nitrogen and oxygen atoms in total. The number of sulfonamides is 1. The third kappa shape index (κ3) is 3.52. The molecule has 1 saturated heterocycles. The zero-order valence-corrected chi connectivity index (χ0v) is 16.2. The standard InChI is InChI=1S/C20H22N4O2S/c1-15-8-6-11-17(14-15)24-20(18-12-7-13-23(18)27(2,25)26)21-19(22-24)16-9-4-3-5-10-16/h3-6,8-11,14,18H,7,12-13H2,1-2H3/t18-/m1/s1. The minimum Gasteiger partial charge on any atom is -0.216 e. The molecule has 140 valence electrons. The maximum atomic E-state index is 12.3. The van der Waals surface area contributed by atoms with Crippen LogP contribution < -0.4 is 0 Å². The van der Waals surface area contributed by atoms with E-state index in [2.05, 4.69) is 0 Å². The molecule has 0 amide bonds. The molecule has 0 unspecified atom stereocenters. The first-order chi connectivity index (χ1) is 12.9. The second-order valence-corrected chi connectivity index (χ2v) is 8.88. The SMILES string of the molecule is Cc1cccc(-n2nc(-c3ccccc3)nc2[C@H]2CCCN2S(C)(=O)=O)c1. The number of hydrogen-bond donors (Lipinski definition) is 0. The van der Waals surface area contributed by atoms with Gasteiger partial charge in [0.25, 0.3) is 0 Å². The first kappa shape index (κ1) is 17.9. The molecular weight excluding hydrogens is 360 g/mol. The van der Waals surface area contributed by atoms with Crippen molar-refractivity contribution < 1.29 is 8.42 Å². The lowest BCUT2D eigenvalue weighted by atomic mass is 10.2. The van der Waals surface area contributed by atoms with Gasteiger partial charge in [-0.3, -0.25) is 0 Å². The second-order valence-electron chi connectivity index (χ2n) is 6.94. The number of nitrogens with zero attached hydrogens (tertiary/aromatic N) is 4. The molecule has 2 heterocycles. The van der Waals surface area contributed by atoms with Crippen LogP contribution in [0.2, 0.25) is 0 Å². The van der Waals surface area contributed by atoms with Gasteiger partial charge in [0.2, 0.25) is 10.0 Å². The van der Waals surface area contributed by atoms with Crippen LogP contribution in [-0.4, -0.2) is 40.3 Å². The van der Waals surface area contributed by atoms with E-state index in [0.717, 1.165) is 29.7 Å². The van der Waals surface area contributed by atoms with Crippen molar-refractivity contribution in [2.75, 3.05) is 12.8 Å². The summed E-state index contributed by atoms with van der Waals surface area (Å²) in [5.74, 6) is 1.27. The van der Waals surface area contributed by atoms with E-state index in [1.54, 1.807) is 4.68 Å². The monoisotopic (exact) mass is 382 g/mol. The van der Waals surface area contributed by atoms with Gasteiger partial charge in [-0.25, -0.2) is 18.1 Å². The molecular formula is C20H22N4O2S. The summed E-state index contributed by atoms with van der Waals surface area (Å²) >= 11 is 0. The van der Waals surface area contributed by atoms with Crippen molar-refractivity contribution in [3.63, 3.8) is 0 Å². The molecule has 1 atom stereocenters. The maximum absolute atomic E-state index is 12.3. The zero-order chi connectivity index (χ0) is 19.0. The molecule has 0 radical (unpaired) electrons. The Morgan fingerprint density at radius 1 is 1.07 bits per heavy atom. The van der Waals surface area contributed by atoms with Crippen LogP contribution in [0.15, 0.2) is 54.6 Å². The number of rotatable bonds is 4. The first-order valence-electron chi connectivity index (χ1n) is 9.00. The zero-order valence-electron chi connectivity index (χ0n) is 15.4. The highest BCUT2D eigenvalue weighted by Gasteiger charge is 2.36. The lowest BCUT2D eigenvalue weighted by Gasteiger charge is -2.21. The van der Waals surface area contributed by atoms with Crippen LogP contribution in [-0.2, 0) is 10.0 Å². The fourth-order valence-electron chi connectivity index (χ4n) is 3.59. The van der Waals surface area contributed by atoms with E-state index in [4.69, 9.17) is 10.1 Å². The molecule has 27 heavy (non-hydrogen) atoms. The predicted molar refractivity (Wildman–Crippen MR) is 105 cm³/mol. The Balaban J connectivity index is 1.88. The van der Waals surface area contributed by atoms with E-state index >= 15 is 0 Å². The lowest BCUT2D eigenvalue weighted by Crippen LogP contribution is -2.31. The fraction of sp³-hybridized carbons (Fsp3) is 0.300. The summed E-state index contributed by atoms with van der Waals surface area (Å²) in [6, 6.07) is 17.5. The summed E-state index contributed by atoms with van der Waals surface area (Å²) in [7, 11) is -3.31. The second kappa shape index (κ2) is 6.90. The predicted octanol–water partition coefficient (Wildman–Crippen LogP) is 3.34. The van der Waals surface area contributed by atoms with Crippen molar-refractivity contribution in [3.8, 4) is 17.1 Å². The van der Waals surface area contributed by atoms with Crippen molar-refractivity contribution in [1.82, 2.24) is 19.1 Å². The number of hydrogen-bond acceptors (Lipinski definition) is 4. The summed E-state index contributed by atoms with van der Waals surface area (Å²) in [5.41, 5.74) is 2.91. The molecule has 4 rings (SSSR count). The average molecular weight is 382 g/mol. The van der Waals surface area contributed by atoms with Gasteiger partial charge in [-0.1, -0.05) is 42.5 Å². The largest absolute Gasteiger partial charge is 0.216 e. The average Bonchev–Trinajstić information content (AvgIpc) is 3.29. The Bertz CT molecular complexity index is 1060. The molecule has 2 aromatic carbocycles. The van der Waals surface area contributed by atoms with Gasteiger partial charge >= 0.3 is 0 Å². The first-order valence-corrected chi connectivity index (χ1v) is 10.8. The Kier molecular flexibility index (Phi) is 4.57. The maximum Gasteiger partial charge on any atom is 0.211 e. The van der Waals surface area contributed by atoms with Crippen molar-refractivity contribution >= 4 is 10.0 Å². The molecule has 1 aliphatic rings. The Labute approximate surface area is 159 Å². The lowest BCUT2D eigenvalue weighted by molar-refractivity contribution is 0.381. The van der Waals surface area contributed by atoms with Crippen LogP contribution in [0.3, 0.4) is 0 Å². The highest BCUT2D eigenvalue weighted by atomic mass is 32.2. The number of aromatic nitrogens is 3. The van der Waals surface area contributed by atoms with E-state index < -0.39 is 10.0 Å². The molecule has 1 aliphatic heterocycles. The van der Waals surface area contributed by atoms with E-state index in [9.17, 15) is 8.42 Å². The van der Waals surface area contributed by atoms with Gasteiger partial charge in [0.05, 0.1) is 18.0 Å². The molecule has 0 aliphatic carbocycles. The van der Waals surface area contributed by atoms with Gasteiger partial charge in [-0.15, -0.1) is 5.10 Å². The Hall–Kier alpha value is -2.51. The minimum absolute atomic E-state index is 0.300. The normalized spacial score (nSPS) is 18.1. The summed E-state index contributed by atoms with van der Waals surface area (Å²) in [4.78, 5) is 4.78. The van der Waals surface area contributed by atoms with Gasteiger partial charge in [0.15, 0.2) is 11.6 Å². The van der Waals surface area contributed by atoms with Crippen molar-refractivity contribution in [2.24, 2.45) is 0 Å². The van der Waals surface area contributed by atoms with Crippen LogP contribution in [0.1, 0.15) is 30.3 Å². The Morgan fingerprint density at radius 2 is 1.85 bits per heavy atom. The van der Waals surface area contributed by atoms with E-state index in [0.29, 0.717) is 18.2 Å². The summed E-state index contributed by atoms with van der Waals surface area (Å²) in [6.07, 6.45) is 2.82. The highest BCUT2D eigenvalue weighted by molar-refractivity contribution is 7.88. The minimum atomic E-state index is -3.31. The van der Waals surface area contributed by atoms with Gasteiger partial charge in [-0.05, 0) is 37.5 Å². The molecule has 3 aromatic rings. The van der Waals surface area contributed by atoms with Crippen LogP contribution in [0.4, 0.5) is 0 Å². The molecule has 1 fully saturated rings. The van der Waals surface area contributed by atoms with Crippen LogP contribution in [0.5, 0.6) is 0 Å². The third-order valence-corrected chi connectivity index (χ3v) is 6.13. The van der Waals surface area contributed by atoms with Crippen LogP contribution in [0, 0.1) is 6.92 Å². The summed E-state index contributed by atoms with van der Waals surface area (Å²) < 4.78 is 27.9. The van der Waals surface area contributed by atoms with Gasteiger partial charge < -0.3 is 0 Å². The molecule has 0 saturated carbocycles. The molecule has 1 aromatic heterocycles. The molecule has 0 spiro atoms. The van der Waals surface area contributed by atoms with Crippen molar-refractivity contribution in [3.05, 3.63) is 66.0 Å².